The number of fused-ring (bicyclic) bond motifs is 1. The second-order valence-electron chi connectivity index (χ2n) is 4.86. The fourth-order valence-corrected chi connectivity index (χ4v) is 2.62. The lowest BCUT2D eigenvalue weighted by molar-refractivity contribution is 0.0696. The Morgan fingerprint density at radius 1 is 1.24 bits per heavy atom. The van der Waals surface area contributed by atoms with Crippen molar-refractivity contribution in [1.29, 1.82) is 0 Å². The van der Waals surface area contributed by atoms with Crippen LogP contribution < -0.4 is 4.74 Å². The van der Waals surface area contributed by atoms with Crippen LogP contribution in [0.2, 0.25) is 5.02 Å². The predicted octanol–water partition coefficient (Wildman–Crippen LogP) is 3.50. The molecule has 0 bridgehead atoms. The summed E-state index contributed by atoms with van der Waals surface area (Å²) in [5.41, 5.74) is 2.03. The molecule has 1 aliphatic rings. The van der Waals surface area contributed by atoms with Crippen molar-refractivity contribution in [2.75, 3.05) is 0 Å². The van der Waals surface area contributed by atoms with Gasteiger partial charge >= 0.3 is 5.97 Å². The Bertz CT molecular complexity index is 703. The lowest BCUT2D eigenvalue weighted by atomic mass is 9.97. The normalized spacial score (nSPS) is 13.6. The van der Waals surface area contributed by atoms with Crippen LogP contribution in [0.15, 0.2) is 24.5 Å². The molecule has 1 aliphatic carbocycles. The second kappa shape index (κ2) is 5.69. The maximum absolute atomic E-state index is 11.1. The van der Waals surface area contributed by atoms with E-state index < -0.39 is 5.97 Å². The summed E-state index contributed by atoms with van der Waals surface area (Å²) in [7, 11) is 0. The maximum Gasteiger partial charge on any atom is 0.337 e. The van der Waals surface area contributed by atoms with Gasteiger partial charge in [0.15, 0.2) is 0 Å². The standard InChI is InChI=1S/C15H13ClN2O3/c16-12-6-5-9(7-11(12)15(19)20)21-14-10-3-1-2-4-13(10)17-8-18-14/h5-8H,1-4H2,(H,19,20). The molecule has 2 aromatic rings. The first-order chi connectivity index (χ1) is 10.1. The molecule has 0 spiro atoms. The number of hydrogen-bond donors (Lipinski definition) is 1. The molecule has 0 saturated carbocycles. The summed E-state index contributed by atoms with van der Waals surface area (Å²) in [5, 5.41) is 9.26. The minimum absolute atomic E-state index is 0.0112. The number of halogens is 1. The van der Waals surface area contributed by atoms with Crippen LogP contribution in [-0.4, -0.2) is 21.0 Å². The summed E-state index contributed by atoms with van der Waals surface area (Å²) in [6, 6.07) is 4.54. The van der Waals surface area contributed by atoms with Crippen LogP contribution in [-0.2, 0) is 12.8 Å². The molecule has 0 radical (unpaired) electrons. The van der Waals surface area contributed by atoms with E-state index in [-0.39, 0.29) is 10.6 Å². The van der Waals surface area contributed by atoms with Gasteiger partial charge in [0.25, 0.3) is 0 Å². The molecule has 0 atom stereocenters. The molecule has 0 fully saturated rings. The van der Waals surface area contributed by atoms with Gasteiger partial charge in [-0.2, -0.15) is 0 Å². The molecule has 1 aromatic heterocycles. The quantitative estimate of drug-likeness (QED) is 0.939. The van der Waals surface area contributed by atoms with Crippen LogP contribution in [0.4, 0.5) is 0 Å². The summed E-state index contributed by atoms with van der Waals surface area (Å²) in [4.78, 5) is 19.5. The molecule has 5 nitrogen and oxygen atoms in total. The van der Waals surface area contributed by atoms with Gasteiger partial charge in [0.1, 0.15) is 12.1 Å². The first kappa shape index (κ1) is 13.8. The SMILES string of the molecule is O=C(O)c1cc(Oc2ncnc3c2CCCC3)ccc1Cl. The van der Waals surface area contributed by atoms with E-state index >= 15 is 0 Å². The highest BCUT2D eigenvalue weighted by atomic mass is 35.5. The molecule has 21 heavy (non-hydrogen) atoms. The van der Waals surface area contributed by atoms with E-state index in [1.165, 1.54) is 18.5 Å². The molecule has 1 heterocycles. The fraction of sp³-hybridized carbons (Fsp3) is 0.267. The van der Waals surface area contributed by atoms with Gasteiger partial charge < -0.3 is 9.84 Å². The third-order valence-corrected chi connectivity index (χ3v) is 3.80. The zero-order valence-corrected chi connectivity index (χ0v) is 11.9. The van der Waals surface area contributed by atoms with Crippen LogP contribution in [0.3, 0.4) is 0 Å². The van der Waals surface area contributed by atoms with Crippen molar-refractivity contribution in [3.8, 4) is 11.6 Å². The second-order valence-corrected chi connectivity index (χ2v) is 5.27. The zero-order chi connectivity index (χ0) is 14.8. The van der Waals surface area contributed by atoms with Gasteiger partial charge in [-0.25, -0.2) is 14.8 Å². The monoisotopic (exact) mass is 304 g/mol. The van der Waals surface area contributed by atoms with Gasteiger partial charge in [-0.05, 0) is 43.9 Å². The van der Waals surface area contributed by atoms with E-state index in [1.807, 2.05) is 0 Å². The molecule has 6 heteroatoms. The van der Waals surface area contributed by atoms with Crippen LogP contribution in [0.1, 0.15) is 34.5 Å². The van der Waals surface area contributed by atoms with Gasteiger partial charge in [-0.15, -0.1) is 0 Å². The average molecular weight is 305 g/mol. The molecule has 1 aromatic carbocycles. The van der Waals surface area contributed by atoms with Crippen molar-refractivity contribution in [1.82, 2.24) is 9.97 Å². The van der Waals surface area contributed by atoms with Crippen LogP contribution in [0, 0.1) is 0 Å². The summed E-state index contributed by atoms with van der Waals surface area (Å²) in [6.07, 6.45) is 5.49. The zero-order valence-electron chi connectivity index (χ0n) is 11.2. The molecule has 3 rings (SSSR count). The molecule has 0 saturated heterocycles. The summed E-state index contributed by atoms with van der Waals surface area (Å²) in [5.74, 6) is -0.184. The molecule has 0 aliphatic heterocycles. The van der Waals surface area contributed by atoms with E-state index in [1.54, 1.807) is 6.07 Å². The number of carboxylic acids is 1. The molecule has 1 N–H and O–H groups in total. The highest BCUT2D eigenvalue weighted by Gasteiger charge is 2.18. The highest BCUT2D eigenvalue weighted by Crippen LogP contribution is 2.31. The summed E-state index contributed by atoms with van der Waals surface area (Å²) < 4.78 is 5.75. The first-order valence-corrected chi connectivity index (χ1v) is 7.06. The Morgan fingerprint density at radius 2 is 2.05 bits per heavy atom. The van der Waals surface area contributed by atoms with Gasteiger partial charge in [0.2, 0.25) is 5.88 Å². The van der Waals surface area contributed by atoms with Crippen molar-refractivity contribution in [2.45, 2.75) is 25.7 Å². The van der Waals surface area contributed by atoms with Crippen molar-refractivity contribution < 1.29 is 14.6 Å². The lowest BCUT2D eigenvalue weighted by Gasteiger charge is -2.17. The van der Waals surface area contributed by atoms with Gasteiger partial charge in [-0.3, -0.25) is 0 Å². The maximum atomic E-state index is 11.1. The van der Waals surface area contributed by atoms with E-state index in [0.29, 0.717) is 11.6 Å². The number of nitrogens with zero attached hydrogens (tertiary/aromatic N) is 2. The third-order valence-electron chi connectivity index (χ3n) is 3.47. The Kier molecular flexibility index (Phi) is 3.75. The molecule has 0 amide bonds. The van der Waals surface area contributed by atoms with E-state index in [0.717, 1.165) is 36.9 Å². The van der Waals surface area contributed by atoms with Crippen molar-refractivity contribution in [3.63, 3.8) is 0 Å². The van der Waals surface area contributed by atoms with Crippen LogP contribution >= 0.6 is 11.6 Å². The summed E-state index contributed by atoms with van der Waals surface area (Å²) >= 11 is 5.85. The van der Waals surface area contributed by atoms with Gasteiger partial charge in [0.05, 0.1) is 16.3 Å². The van der Waals surface area contributed by atoms with Crippen LogP contribution in [0.25, 0.3) is 0 Å². The minimum atomic E-state index is -1.09. The minimum Gasteiger partial charge on any atom is -0.478 e. The van der Waals surface area contributed by atoms with E-state index in [4.69, 9.17) is 21.4 Å². The Labute approximate surface area is 126 Å². The number of benzene rings is 1. The smallest absolute Gasteiger partial charge is 0.337 e. The number of rotatable bonds is 3. The van der Waals surface area contributed by atoms with Gasteiger partial charge in [0, 0.05) is 5.56 Å². The average Bonchev–Trinajstić information content (AvgIpc) is 2.49. The summed E-state index contributed by atoms with van der Waals surface area (Å²) in [6.45, 7) is 0. The number of ether oxygens (including phenoxy) is 1. The number of carbonyl (C=O) groups is 1. The van der Waals surface area contributed by atoms with Gasteiger partial charge in [-0.1, -0.05) is 11.6 Å². The van der Waals surface area contributed by atoms with Crippen molar-refractivity contribution in [2.24, 2.45) is 0 Å². The number of aromatic nitrogens is 2. The first-order valence-electron chi connectivity index (χ1n) is 6.68. The van der Waals surface area contributed by atoms with E-state index in [2.05, 4.69) is 9.97 Å². The van der Waals surface area contributed by atoms with E-state index in [9.17, 15) is 4.79 Å². The topological polar surface area (TPSA) is 72.3 Å². The molecule has 0 unspecified atom stereocenters. The lowest BCUT2D eigenvalue weighted by Crippen LogP contribution is -2.08. The fourth-order valence-electron chi connectivity index (χ4n) is 2.42. The highest BCUT2D eigenvalue weighted by molar-refractivity contribution is 6.33. The predicted molar refractivity (Wildman–Crippen MR) is 77.2 cm³/mol. The Morgan fingerprint density at radius 3 is 2.86 bits per heavy atom. The Balaban J connectivity index is 1.94. The number of hydrogen-bond acceptors (Lipinski definition) is 4. The van der Waals surface area contributed by atoms with Crippen molar-refractivity contribution in [3.05, 3.63) is 46.4 Å². The largest absolute Gasteiger partial charge is 0.478 e. The van der Waals surface area contributed by atoms with Crippen molar-refractivity contribution >= 4 is 17.6 Å². The van der Waals surface area contributed by atoms with Crippen LogP contribution in [0.5, 0.6) is 11.6 Å². The number of aryl methyl sites for hydroxylation is 1. The number of carboxylic acid groups (broad SMARTS) is 1. The molecular weight excluding hydrogens is 292 g/mol. The number of aromatic carboxylic acids is 1. The third kappa shape index (κ3) is 2.83. The molecular formula is C15H13ClN2O3. The molecule has 108 valence electrons. The Hall–Kier alpha value is -2.14.